The molecular weight excluding hydrogens is 430 g/mol. The number of aryl methyl sites for hydroxylation is 3. The molecule has 0 saturated heterocycles. The third-order valence-electron chi connectivity index (χ3n) is 5.90. The Morgan fingerprint density at radius 3 is 2.38 bits per heavy atom. The van der Waals surface area contributed by atoms with Crippen molar-refractivity contribution >= 4 is 10.0 Å². The van der Waals surface area contributed by atoms with Gasteiger partial charge in [-0.1, -0.05) is 18.2 Å². The molecule has 10 nitrogen and oxygen atoms in total. The van der Waals surface area contributed by atoms with E-state index in [-0.39, 0.29) is 17.3 Å². The summed E-state index contributed by atoms with van der Waals surface area (Å²) >= 11 is 0. The number of aromatic nitrogens is 6. The number of hydrogen-bond donors (Lipinski definition) is 0. The quantitative estimate of drug-likeness (QED) is 0.466. The van der Waals surface area contributed by atoms with Crippen molar-refractivity contribution in [1.82, 2.24) is 34.1 Å². The van der Waals surface area contributed by atoms with Crippen LogP contribution >= 0.6 is 0 Å². The van der Waals surface area contributed by atoms with Gasteiger partial charge < -0.3 is 4.42 Å². The summed E-state index contributed by atoms with van der Waals surface area (Å²) in [6.07, 6.45) is 0.538. The van der Waals surface area contributed by atoms with E-state index >= 15 is 0 Å². The molecule has 1 aliphatic heterocycles. The summed E-state index contributed by atoms with van der Waals surface area (Å²) in [7, 11) is -0.138. The zero-order valence-electron chi connectivity index (χ0n) is 18.3. The Bertz CT molecular complexity index is 1420. The molecular formula is C21H23N7O3S. The van der Waals surface area contributed by atoms with Gasteiger partial charge in [-0.3, -0.25) is 9.36 Å². The first-order valence-electron chi connectivity index (χ1n) is 10.2. The first-order chi connectivity index (χ1) is 15.3. The van der Waals surface area contributed by atoms with Gasteiger partial charge in [-0.05, 0) is 26.0 Å². The molecule has 1 aromatic carbocycles. The third-order valence-corrected chi connectivity index (χ3v) is 7.99. The van der Waals surface area contributed by atoms with Crippen LogP contribution in [0.4, 0.5) is 0 Å². The lowest BCUT2D eigenvalue weighted by molar-refractivity contribution is 0.385. The predicted octanol–water partition coefficient (Wildman–Crippen LogP) is 2.23. The van der Waals surface area contributed by atoms with Crippen LogP contribution in [-0.2, 0) is 37.1 Å². The molecule has 32 heavy (non-hydrogen) atoms. The van der Waals surface area contributed by atoms with Crippen LogP contribution in [0.5, 0.6) is 0 Å². The summed E-state index contributed by atoms with van der Waals surface area (Å²) < 4.78 is 37.7. The average Bonchev–Trinajstić information content (AvgIpc) is 3.45. The molecule has 5 rings (SSSR count). The molecule has 0 radical (unpaired) electrons. The summed E-state index contributed by atoms with van der Waals surface area (Å²) in [6, 6.07) is 9.48. The van der Waals surface area contributed by atoms with E-state index in [2.05, 4.69) is 20.4 Å². The Morgan fingerprint density at radius 1 is 0.969 bits per heavy atom. The van der Waals surface area contributed by atoms with E-state index in [0.717, 1.165) is 16.8 Å². The number of hydrogen-bond acceptors (Lipinski definition) is 7. The van der Waals surface area contributed by atoms with Crippen LogP contribution in [0.25, 0.3) is 23.0 Å². The molecule has 0 spiro atoms. The summed E-state index contributed by atoms with van der Waals surface area (Å²) in [6.45, 7) is 4.02. The largest absolute Gasteiger partial charge is 0.415 e. The lowest BCUT2D eigenvalue weighted by Crippen LogP contribution is -2.36. The average molecular weight is 454 g/mol. The van der Waals surface area contributed by atoms with Crippen LogP contribution in [0.1, 0.15) is 22.6 Å². The highest BCUT2D eigenvalue weighted by Crippen LogP contribution is 2.33. The van der Waals surface area contributed by atoms with Crippen molar-refractivity contribution < 1.29 is 12.8 Å². The van der Waals surface area contributed by atoms with Crippen molar-refractivity contribution in [2.24, 2.45) is 14.1 Å². The van der Waals surface area contributed by atoms with E-state index < -0.39 is 10.0 Å². The van der Waals surface area contributed by atoms with Gasteiger partial charge in [0.25, 0.3) is 5.89 Å². The van der Waals surface area contributed by atoms with Gasteiger partial charge in [-0.15, -0.1) is 10.2 Å². The Balaban J connectivity index is 1.53. The molecule has 0 unspecified atom stereocenters. The standard InChI is InChI=1S/C21H23N7O3S/c1-13-19(14(2)26(3)24-13)32(29,30)28-11-10-17-16(12-28)18(25-27(17)4)21-23-22-20(31-21)15-8-6-5-7-9-15/h5-9H,10-12H2,1-4H3. The smallest absolute Gasteiger partial charge is 0.268 e. The molecule has 4 aromatic rings. The van der Waals surface area contributed by atoms with Crippen molar-refractivity contribution in [3.8, 4) is 23.0 Å². The molecule has 0 saturated carbocycles. The number of fused-ring (bicyclic) bond motifs is 1. The van der Waals surface area contributed by atoms with E-state index in [1.165, 1.54) is 4.31 Å². The summed E-state index contributed by atoms with van der Waals surface area (Å²) in [4.78, 5) is 0.262. The minimum absolute atomic E-state index is 0.178. The predicted molar refractivity (Wildman–Crippen MR) is 116 cm³/mol. The molecule has 0 N–H and O–H groups in total. The molecule has 3 aromatic heterocycles. The summed E-state index contributed by atoms with van der Waals surface area (Å²) in [5, 5.41) is 17.2. The minimum atomic E-state index is -3.73. The van der Waals surface area contributed by atoms with Gasteiger partial charge in [-0.2, -0.15) is 14.5 Å². The van der Waals surface area contributed by atoms with E-state index in [4.69, 9.17) is 4.42 Å². The molecule has 0 atom stereocenters. The topological polar surface area (TPSA) is 112 Å². The monoisotopic (exact) mass is 453 g/mol. The number of benzene rings is 1. The fourth-order valence-corrected chi connectivity index (χ4v) is 6.03. The van der Waals surface area contributed by atoms with Crippen molar-refractivity contribution in [2.45, 2.75) is 31.7 Å². The summed E-state index contributed by atoms with van der Waals surface area (Å²) in [5.74, 6) is 0.663. The van der Waals surface area contributed by atoms with E-state index in [0.29, 0.717) is 35.9 Å². The lowest BCUT2D eigenvalue weighted by Gasteiger charge is -2.26. The molecule has 166 valence electrons. The molecule has 1 aliphatic rings. The van der Waals surface area contributed by atoms with Gasteiger partial charge in [0.1, 0.15) is 4.90 Å². The van der Waals surface area contributed by atoms with Crippen molar-refractivity contribution in [3.05, 3.63) is 53.0 Å². The van der Waals surface area contributed by atoms with Crippen LogP contribution in [0.2, 0.25) is 0 Å². The maximum atomic E-state index is 13.5. The van der Waals surface area contributed by atoms with Gasteiger partial charge in [0, 0.05) is 50.4 Å². The van der Waals surface area contributed by atoms with E-state index in [1.54, 1.807) is 30.3 Å². The van der Waals surface area contributed by atoms with Crippen LogP contribution in [0.15, 0.2) is 39.6 Å². The van der Waals surface area contributed by atoms with Crippen molar-refractivity contribution in [1.29, 1.82) is 0 Å². The fraction of sp³-hybridized carbons (Fsp3) is 0.333. The molecule has 0 aliphatic carbocycles. The molecule has 0 amide bonds. The SMILES string of the molecule is Cc1nn(C)c(C)c1S(=O)(=O)N1CCc2c(c(-c3nnc(-c4ccccc4)o3)nn2C)C1. The molecule has 11 heteroatoms. The first-order valence-corrected chi connectivity index (χ1v) is 11.7. The van der Waals surface area contributed by atoms with Gasteiger partial charge in [-0.25, -0.2) is 8.42 Å². The zero-order valence-corrected chi connectivity index (χ0v) is 19.1. The Morgan fingerprint density at radius 2 is 1.69 bits per heavy atom. The fourth-order valence-electron chi connectivity index (χ4n) is 4.22. The molecule has 0 bridgehead atoms. The Kier molecular flexibility index (Phi) is 4.75. The van der Waals surface area contributed by atoms with Crippen LogP contribution in [-0.4, -0.2) is 49.0 Å². The van der Waals surface area contributed by atoms with E-state index in [9.17, 15) is 8.42 Å². The van der Waals surface area contributed by atoms with Gasteiger partial charge >= 0.3 is 0 Å². The number of rotatable bonds is 4. The van der Waals surface area contributed by atoms with Gasteiger partial charge in [0.05, 0.1) is 11.4 Å². The van der Waals surface area contributed by atoms with Crippen LogP contribution < -0.4 is 0 Å². The van der Waals surface area contributed by atoms with Crippen LogP contribution in [0, 0.1) is 13.8 Å². The van der Waals surface area contributed by atoms with E-state index in [1.807, 2.05) is 37.4 Å². The number of sulfonamides is 1. The maximum absolute atomic E-state index is 13.5. The minimum Gasteiger partial charge on any atom is -0.415 e. The Labute approximate surface area is 185 Å². The third kappa shape index (κ3) is 3.16. The zero-order chi connectivity index (χ0) is 22.6. The molecule has 4 heterocycles. The van der Waals surface area contributed by atoms with Crippen molar-refractivity contribution in [2.75, 3.05) is 6.54 Å². The highest BCUT2D eigenvalue weighted by atomic mass is 32.2. The maximum Gasteiger partial charge on any atom is 0.268 e. The highest BCUT2D eigenvalue weighted by molar-refractivity contribution is 7.89. The van der Waals surface area contributed by atoms with Crippen molar-refractivity contribution in [3.63, 3.8) is 0 Å². The Hall–Kier alpha value is -3.31. The summed E-state index contributed by atoms with van der Waals surface area (Å²) in [5.41, 5.74) is 4.17. The van der Waals surface area contributed by atoms with Gasteiger partial charge in [0.15, 0.2) is 5.69 Å². The second-order valence-electron chi connectivity index (χ2n) is 7.89. The van der Waals surface area contributed by atoms with Gasteiger partial charge in [0.2, 0.25) is 15.9 Å². The second kappa shape index (κ2) is 7.38. The number of nitrogens with zero attached hydrogens (tertiary/aromatic N) is 7. The van der Waals surface area contributed by atoms with Crippen LogP contribution in [0.3, 0.4) is 0 Å². The highest BCUT2D eigenvalue weighted by Gasteiger charge is 2.36. The first kappa shape index (κ1) is 20.6. The molecule has 0 fully saturated rings. The second-order valence-corrected chi connectivity index (χ2v) is 9.76. The lowest BCUT2D eigenvalue weighted by atomic mass is 10.1. The normalized spacial score (nSPS) is 14.6.